The number of rotatable bonds is 5. The summed E-state index contributed by atoms with van der Waals surface area (Å²) >= 11 is 0. The highest BCUT2D eigenvalue weighted by molar-refractivity contribution is 14.0. The number of nitrogens with one attached hydrogen (secondary N) is 2. The maximum atomic E-state index is 5.60. The Hall–Kier alpha value is -2.55. The first-order valence-corrected chi connectivity index (χ1v) is 9.85. The van der Waals surface area contributed by atoms with Crippen molar-refractivity contribution in [1.29, 1.82) is 0 Å². The molecule has 2 heterocycles. The summed E-state index contributed by atoms with van der Waals surface area (Å²) in [4.78, 5) is 4.29. The predicted octanol–water partition coefficient (Wildman–Crippen LogP) is 4.38. The Bertz CT molecular complexity index is 1010. The van der Waals surface area contributed by atoms with Crippen molar-refractivity contribution < 1.29 is 9.26 Å². The third-order valence-corrected chi connectivity index (χ3v) is 5.27. The lowest BCUT2D eigenvalue weighted by molar-refractivity contribution is 0.357. The van der Waals surface area contributed by atoms with Gasteiger partial charge in [-0.3, -0.25) is 4.99 Å². The average Bonchev–Trinajstić information content (AvgIpc) is 3.34. The van der Waals surface area contributed by atoms with Crippen molar-refractivity contribution in [3.05, 3.63) is 70.6 Å². The normalized spacial score (nSPS) is 12.7. The van der Waals surface area contributed by atoms with Gasteiger partial charge in [-0.2, -0.15) is 0 Å². The summed E-state index contributed by atoms with van der Waals surface area (Å²) in [5.41, 5.74) is 6.89. The summed E-state index contributed by atoms with van der Waals surface area (Å²) in [5, 5.41) is 10.6. The van der Waals surface area contributed by atoms with Crippen LogP contribution in [0.15, 0.2) is 52.0 Å². The molecule has 3 aromatic rings. The van der Waals surface area contributed by atoms with E-state index in [1.807, 2.05) is 13.8 Å². The molecule has 0 saturated carbocycles. The van der Waals surface area contributed by atoms with Gasteiger partial charge in [0.2, 0.25) is 0 Å². The van der Waals surface area contributed by atoms with Gasteiger partial charge in [-0.15, -0.1) is 24.0 Å². The molecule has 0 bridgehead atoms. The second kappa shape index (κ2) is 9.97. The van der Waals surface area contributed by atoms with E-state index in [9.17, 15) is 0 Å². The lowest BCUT2D eigenvalue weighted by Crippen LogP contribution is -2.36. The van der Waals surface area contributed by atoms with E-state index in [2.05, 4.69) is 63.2 Å². The lowest BCUT2D eigenvalue weighted by Gasteiger charge is -2.12. The molecule has 0 unspecified atom stereocenters. The second-order valence-electron chi connectivity index (χ2n) is 7.20. The van der Waals surface area contributed by atoms with Gasteiger partial charge in [0.1, 0.15) is 11.5 Å². The van der Waals surface area contributed by atoms with Crippen molar-refractivity contribution >= 4 is 29.9 Å². The number of aryl methyl sites for hydroxylation is 2. The molecule has 158 valence electrons. The quantitative estimate of drug-likeness (QED) is 0.298. The molecule has 6 nitrogen and oxygen atoms in total. The zero-order chi connectivity index (χ0) is 20.2. The van der Waals surface area contributed by atoms with Gasteiger partial charge in [0.15, 0.2) is 5.96 Å². The highest BCUT2D eigenvalue weighted by atomic mass is 127. The van der Waals surface area contributed by atoms with Gasteiger partial charge >= 0.3 is 0 Å². The number of guanidine groups is 1. The molecule has 1 aliphatic heterocycles. The van der Waals surface area contributed by atoms with Crippen LogP contribution in [-0.4, -0.2) is 24.8 Å². The first-order valence-electron chi connectivity index (χ1n) is 9.85. The van der Waals surface area contributed by atoms with Gasteiger partial charge in [-0.25, -0.2) is 0 Å². The largest absolute Gasteiger partial charge is 0.493 e. The van der Waals surface area contributed by atoms with Crippen LogP contribution in [0.4, 0.5) is 0 Å². The van der Waals surface area contributed by atoms with E-state index in [1.165, 1.54) is 22.3 Å². The van der Waals surface area contributed by atoms with E-state index < -0.39 is 0 Å². The number of hydrogen-bond donors (Lipinski definition) is 2. The third-order valence-electron chi connectivity index (χ3n) is 5.27. The van der Waals surface area contributed by atoms with Crippen LogP contribution in [0, 0.1) is 13.8 Å². The van der Waals surface area contributed by atoms with Gasteiger partial charge in [-0.1, -0.05) is 35.5 Å². The third kappa shape index (κ3) is 4.95. The van der Waals surface area contributed by atoms with E-state index in [1.54, 1.807) is 7.05 Å². The number of ether oxygens (including phenoxy) is 1. The molecule has 4 rings (SSSR count). The van der Waals surface area contributed by atoms with Gasteiger partial charge in [0, 0.05) is 32.1 Å². The second-order valence-corrected chi connectivity index (χ2v) is 7.20. The van der Waals surface area contributed by atoms with Crippen molar-refractivity contribution in [3.63, 3.8) is 0 Å². The zero-order valence-corrected chi connectivity index (χ0v) is 19.8. The minimum absolute atomic E-state index is 0. The molecular weight excluding hydrogens is 491 g/mol. The fourth-order valence-electron chi connectivity index (χ4n) is 3.51. The Labute approximate surface area is 194 Å². The van der Waals surface area contributed by atoms with Crippen LogP contribution in [0.2, 0.25) is 0 Å². The van der Waals surface area contributed by atoms with Crippen molar-refractivity contribution in [2.75, 3.05) is 13.7 Å². The fourth-order valence-corrected chi connectivity index (χ4v) is 3.51. The smallest absolute Gasteiger partial charge is 0.191 e. The molecule has 0 radical (unpaired) electrons. The molecule has 0 fully saturated rings. The molecule has 0 atom stereocenters. The Morgan fingerprint density at radius 1 is 1.03 bits per heavy atom. The van der Waals surface area contributed by atoms with E-state index in [4.69, 9.17) is 9.26 Å². The number of halogens is 1. The van der Waals surface area contributed by atoms with Crippen molar-refractivity contribution in [2.45, 2.75) is 33.4 Å². The summed E-state index contributed by atoms with van der Waals surface area (Å²) in [6.07, 6.45) is 0.991. The minimum Gasteiger partial charge on any atom is -0.493 e. The molecular formula is C23H27IN4O2. The van der Waals surface area contributed by atoms with E-state index in [0.29, 0.717) is 13.1 Å². The molecule has 2 N–H and O–H groups in total. The van der Waals surface area contributed by atoms with Crippen molar-refractivity contribution in [1.82, 2.24) is 15.8 Å². The van der Waals surface area contributed by atoms with Crippen molar-refractivity contribution in [2.24, 2.45) is 4.99 Å². The van der Waals surface area contributed by atoms with Crippen LogP contribution in [0.3, 0.4) is 0 Å². The minimum atomic E-state index is 0. The van der Waals surface area contributed by atoms with Crippen molar-refractivity contribution in [3.8, 4) is 16.9 Å². The summed E-state index contributed by atoms with van der Waals surface area (Å²) < 4.78 is 10.8. The number of nitrogens with zero attached hydrogens (tertiary/aromatic N) is 2. The molecule has 0 spiro atoms. The Morgan fingerprint density at radius 3 is 2.47 bits per heavy atom. The number of aromatic nitrogens is 1. The standard InChI is InChI=1S/C23H26N4O2.HI/c1-15-21(16(2)29-27-15)14-26-23(24-3)25-13-17-4-6-18(7-5-17)19-8-9-22-20(12-19)10-11-28-22;/h4-9,12H,10-11,13-14H2,1-3H3,(H2,24,25,26);1H. The SMILES string of the molecule is CN=C(NCc1ccc(-c2ccc3c(c2)CCO3)cc1)NCc1c(C)noc1C.I. The molecule has 0 amide bonds. The number of hydrogen-bond acceptors (Lipinski definition) is 4. The number of fused-ring (bicyclic) bond motifs is 1. The van der Waals surface area contributed by atoms with Crippen LogP contribution in [0.5, 0.6) is 5.75 Å². The maximum absolute atomic E-state index is 5.60. The highest BCUT2D eigenvalue weighted by Gasteiger charge is 2.13. The molecule has 30 heavy (non-hydrogen) atoms. The van der Waals surface area contributed by atoms with E-state index >= 15 is 0 Å². The van der Waals surface area contributed by atoms with Gasteiger partial charge in [0.25, 0.3) is 0 Å². The maximum Gasteiger partial charge on any atom is 0.191 e. The van der Waals surface area contributed by atoms with Crippen LogP contribution in [0.25, 0.3) is 11.1 Å². The van der Waals surface area contributed by atoms with Crippen LogP contribution >= 0.6 is 24.0 Å². The van der Waals surface area contributed by atoms with Crippen LogP contribution in [0.1, 0.15) is 28.1 Å². The monoisotopic (exact) mass is 518 g/mol. The summed E-state index contributed by atoms with van der Waals surface area (Å²) in [7, 11) is 1.77. The Morgan fingerprint density at radius 2 is 1.77 bits per heavy atom. The molecule has 0 saturated heterocycles. The van der Waals surface area contributed by atoms with Gasteiger partial charge < -0.3 is 19.9 Å². The van der Waals surface area contributed by atoms with Gasteiger partial charge in [0.05, 0.1) is 12.3 Å². The predicted molar refractivity (Wildman–Crippen MR) is 130 cm³/mol. The lowest BCUT2D eigenvalue weighted by atomic mass is 10.0. The molecule has 1 aliphatic rings. The van der Waals surface area contributed by atoms with Gasteiger partial charge in [-0.05, 0) is 48.2 Å². The fraction of sp³-hybridized carbons (Fsp3) is 0.304. The molecule has 7 heteroatoms. The van der Waals surface area contributed by atoms with Crippen LogP contribution in [-0.2, 0) is 19.5 Å². The number of benzene rings is 2. The summed E-state index contributed by atoms with van der Waals surface area (Å²) in [5.74, 6) is 2.59. The summed E-state index contributed by atoms with van der Waals surface area (Å²) in [6.45, 7) is 5.97. The Balaban J connectivity index is 0.00000256. The molecule has 1 aromatic heterocycles. The zero-order valence-electron chi connectivity index (χ0n) is 17.5. The highest BCUT2D eigenvalue weighted by Crippen LogP contribution is 2.30. The van der Waals surface area contributed by atoms with Crippen LogP contribution < -0.4 is 15.4 Å². The number of aliphatic imine (C=N–C) groups is 1. The van der Waals surface area contributed by atoms with E-state index in [-0.39, 0.29) is 24.0 Å². The first kappa shape index (κ1) is 22.1. The topological polar surface area (TPSA) is 71.7 Å². The summed E-state index contributed by atoms with van der Waals surface area (Å²) in [6, 6.07) is 15.0. The molecule has 0 aliphatic carbocycles. The van der Waals surface area contributed by atoms with E-state index in [0.717, 1.165) is 41.8 Å². The Kier molecular flexibility index (Phi) is 7.36. The molecule has 2 aromatic carbocycles. The average molecular weight is 518 g/mol. The first-order chi connectivity index (χ1) is 14.1.